The largest absolute Gasteiger partial charge is 0.489 e. The first-order valence-corrected chi connectivity index (χ1v) is 6.53. The zero-order chi connectivity index (χ0) is 11.6. The van der Waals surface area contributed by atoms with Gasteiger partial charge in [0.05, 0.1) is 13.2 Å². The van der Waals surface area contributed by atoms with E-state index in [-0.39, 0.29) is 6.10 Å². The summed E-state index contributed by atoms with van der Waals surface area (Å²) in [5, 5.41) is 0. The molecule has 0 fully saturated rings. The van der Waals surface area contributed by atoms with Crippen molar-refractivity contribution in [1.82, 2.24) is 0 Å². The van der Waals surface area contributed by atoms with Crippen LogP contribution >= 0.6 is 45.2 Å². The lowest BCUT2D eigenvalue weighted by Crippen LogP contribution is -2.13. The topological polar surface area (TPSA) is 52.3 Å². The van der Waals surface area contributed by atoms with Crippen molar-refractivity contribution < 1.29 is 9.53 Å². The van der Waals surface area contributed by atoms with Crippen molar-refractivity contribution in [2.75, 3.05) is 0 Å². The van der Waals surface area contributed by atoms with Crippen molar-refractivity contribution >= 4 is 51.1 Å². The van der Waals surface area contributed by atoms with Crippen molar-refractivity contribution in [3.05, 3.63) is 24.8 Å². The van der Waals surface area contributed by atoms with Crippen LogP contribution in [0.15, 0.2) is 12.1 Å². The summed E-state index contributed by atoms with van der Waals surface area (Å²) in [5.41, 5.74) is 5.73. The summed E-state index contributed by atoms with van der Waals surface area (Å²) in [5.74, 6) is 0.401. The van der Waals surface area contributed by atoms with Crippen LogP contribution in [0.2, 0.25) is 0 Å². The molecule has 5 heteroatoms. The molecule has 0 aliphatic carbocycles. The number of primary amides is 1. The van der Waals surface area contributed by atoms with Gasteiger partial charge in [-0.3, -0.25) is 4.79 Å². The summed E-state index contributed by atoms with van der Waals surface area (Å²) in [4.78, 5) is 11.0. The van der Waals surface area contributed by atoms with Crippen LogP contribution in [0.4, 0.5) is 0 Å². The van der Waals surface area contributed by atoms with Gasteiger partial charge in [0, 0.05) is 5.56 Å². The zero-order valence-electron chi connectivity index (χ0n) is 8.38. The first kappa shape index (κ1) is 13.0. The molecule has 0 aliphatic rings. The van der Waals surface area contributed by atoms with Gasteiger partial charge in [-0.15, -0.1) is 0 Å². The molecule has 0 saturated carbocycles. The van der Waals surface area contributed by atoms with E-state index in [1.165, 1.54) is 0 Å². The Morgan fingerprint density at radius 1 is 1.33 bits per heavy atom. The maximum atomic E-state index is 11.0. The lowest BCUT2D eigenvalue weighted by molar-refractivity contribution is 0.1000. The van der Waals surface area contributed by atoms with Gasteiger partial charge in [0.1, 0.15) is 5.75 Å². The predicted molar refractivity (Wildman–Crippen MR) is 76.2 cm³/mol. The Hall–Kier alpha value is -0.0500. The number of rotatable bonds is 3. The molecular weight excluding hydrogens is 420 g/mol. The van der Waals surface area contributed by atoms with Gasteiger partial charge in [0.15, 0.2) is 0 Å². The molecule has 1 amide bonds. The monoisotopic (exact) mass is 431 g/mol. The third-order valence-electron chi connectivity index (χ3n) is 1.64. The summed E-state index contributed by atoms with van der Waals surface area (Å²) >= 11 is 4.28. The number of hydrogen-bond donors (Lipinski definition) is 1. The molecule has 0 radical (unpaired) electrons. The van der Waals surface area contributed by atoms with Crippen LogP contribution in [0.5, 0.6) is 5.75 Å². The lowest BCUT2D eigenvalue weighted by Gasteiger charge is -2.14. The zero-order valence-corrected chi connectivity index (χ0v) is 12.7. The van der Waals surface area contributed by atoms with E-state index in [1.807, 2.05) is 13.8 Å². The van der Waals surface area contributed by atoms with Crippen LogP contribution in [-0.4, -0.2) is 12.0 Å². The van der Waals surface area contributed by atoms with Gasteiger partial charge in [-0.05, 0) is 71.2 Å². The maximum absolute atomic E-state index is 11.0. The van der Waals surface area contributed by atoms with Crippen molar-refractivity contribution in [3.8, 4) is 5.75 Å². The van der Waals surface area contributed by atoms with Crippen LogP contribution in [0.3, 0.4) is 0 Å². The van der Waals surface area contributed by atoms with Crippen molar-refractivity contribution in [2.45, 2.75) is 20.0 Å². The van der Waals surface area contributed by atoms with Crippen LogP contribution in [0.1, 0.15) is 24.2 Å². The van der Waals surface area contributed by atoms with Crippen molar-refractivity contribution in [2.24, 2.45) is 5.73 Å². The lowest BCUT2D eigenvalue weighted by atomic mass is 10.2. The van der Waals surface area contributed by atoms with Gasteiger partial charge >= 0.3 is 0 Å². The highest BCUT2D eigenvalue weighted by molar-refractivity contribution is 14.1. The van der Waals surface area contributed by atoms with Crippen LogP contribution in [0.25, 0.3) is 0 Å². The number of halogens is 2. The highest BCUT2D eigenvalue weighted by Gasteiger charge is 2.12. The second kappa shape index (κ2) is 5.33. The van der Waals surface area contributed by atoms with E-state index in [0.29, 0.717) is 5.56 Å². The molecule has 3 nitrogen and oxygen atoms in total. The summed E-state index contributed by atoms with van der Waals surface area (Å²) in [6.07, 6.45) is 0.117. The number of amides is 1. The fraction of sp³-hybridized carbons (Fsp3) is 0.300. The van der Waals surface area contributed by atoms with Gasteiger partial charge < -0.3 is 10.5 Å². The molecular formula is C10H11I2NO2. The smallest absolute Gasteiger partial charge is 0.248 e. The maximum Gasteiger partial charge on any atom is 0.248 e. The van der Waals surface area contributed by atoms with Crippen molar-refractivity contribution in [3.63, 3.8) is 0 Å². The highest BCUT2D eigenvalue weighted by Crippen LogP contribution is 2.29. The Bertz CT molecular complexity index is 368. The van der Waals surface area contributed by atoms with Crippen LogP contribution in [0, 0.1) is 7.14 Å². The Kier molecular flexibility index (Phi) is 4.63. The normalized spacial score (nSPS) is 10.5. The molecule has 0 bridgehead atoms. The van der Waals surface area contributed by atoms with E-state index in [1.54, 1.807) is 12.1 Å². The Balaban J connectivity index is 3.15. The van der Waals surface area contributed by atoms with Crippen molar-refractivity contribution in [1.29, 1.82) is 0 Å². The van der Waals surface area contributed by atoms with E-state index in [0.717, 1.165) is 12.9 Å². The summed E-state index contributed by atoms with van der Waals surface area (Å²) < 4.78 is 7.45. The fourth-order valence-corrected chi connectivity index (χ4v) is 3.07. The highest BCUT2D eigenvalue weighted by atomic mass is 127. The molecule has 1 aromatic carbocycles. The number of nitrogens with two attached hydrogens (primary N) is 1. The van der Waals surface area contributed by atoms with Gasteiger partial charge in [0.25, 0.3) is 0 Å². The SMILES string of the molecule is CC(C)Oc1c(I)cc(C(N)=O)cc1I. The number of benzene rings is 1. The van der Waals surface area contributed by atoms with Crippen LogP contribution < -0.4 is 10.5 Å². The summed E-state index contributed by atoms with van der Waals surface area (Å²) in [6, 6.07) is 3.48. The fourth-order valence-electron chi connectivity index (χ4n) is 1.05. The van der Waals surface area contributed by atoms with E-state index >= 15 is 0 Å². The first-order valence-electron chi connectivity index (χ1n) is 4.37. The minimum Gasteiger partial charge on any atom is -0.489 e. The molecule has 1 aromatic rings. The minimum absolute atomic E-state index is 0.117. The molecule has 0 aliphatic heterocycles. The van der Waals surface area contributed by atoms with E-state index in [4.69, 9.17) is 10.5 Å². The Labute approximate surface area is 116 Å². The second-order valence-corrected chi connectivity index (χ2v) is 5.62. The standard InChI is InChI=1S/C10H11I2NO2/c1-5(2)15-9-7(11)3-6(10(13)14)4-8(9)12/h3-5H,1-2H3,(H2,13,14). The molecule has 0 spiro atoms. The quantitative estimate of drug-likeness (QED) is 0.749. The first-order chi connectivity index (χ1) is 6.91. The van der Waals surface area contributed by atoms with E-state index < -0.39 is 5.91 Å². The average molecular weight is 431 g/mol. The molecule has 0 unspecified atom stereocenters. The molecule has 1 rings (SSSR count). The molecule has 0 heterocycles. The van der Waals surface area contributed by atoms with Gasteiger partial charge in [-0.2, -0.15) is 0 Å². The third-order valence-corrected chi connectivity index (χ3v) is 3.24. The molecule has 0 aromatic heterocycles. The predicted octanol–water partition coefficient (Wildman–Crippen LogP) is 2.78. The molecule has 0 saturated heterocycles. The number of carbonyl (C=O) groups is 1. The summed E-state index contributed by atoms with van der Waals surface area (Å²) in [6.45, 7) is 3.93. The van der Waals surface area contributed by atoms with Crippen LogP contribution in [-0.2, 0) is 0 Å². The molecule has 82 valence electrons. The second-order valence-electron chi connectivity index (χ2n) is 3.30. The van der Waals surface area contributed by atoms with E-state index in [2.05, 4.69) is 45.2 Å². The number of hydrogen-bond acceptors (Lipinski definition) is 2. The molecule has 0 atom stereocenters. The average Bonchev–Trinajstić information content (AvgIpc) is 2.10. The molecule has 15 heavy (non-hydrogen) atoms. The Morgan fingerprint density at radius 2 is 1.80 bits per heavy atom. The number of carbonyl (C=O) groups excluding carboxylic acids is 1. The molecule has 2 N–H and O–H groups in total. The summed E-state index contributed by atoms with van der Waals surface area (Å²) in [7, 11) is 0. The van der Waals surface area contributed by atoms with Gasteiger partial charge in [-0.25, -0.2) is 0 Å². The van der Waals surface area contributed by atoms with Gasteiger partial charge in [0.2, 0.25) is 5.91 Å². The van der Waals surface area contributed by atoms with Gasteiger partial charge in [-0.1, -0.05) is 0 Å². The minimum atomic E-state index is -0.415. The third kappa shape index (κ3) is 3.47. The van der Waals surface area contributed by atoms with E-state index in [9.17, 15) is 4.79 Å². The Morgan fingerprint density at radius 3 is 2.13 bits per heavy atom. The number of ether oxygens (including phenoxy) is 1.